The van der Waals surface area contributed by atoms with Gasteiger partial charge in [-0.2, -0.15) is 0 Å². The lowest BCUT2D eigenvalue weighted by Crippen LogP contribution is -2.16. The van der Waals surface area contributed by atoms with Crippen molar-refractivity contribution in [2.45, 2.75) is 19.3 Å². The third-order valence-corrected chi connectivity index (χ3v) is 14.6. The lowest BCUT2D eigenvalue weighted by Gasteiger charge is -2.28. The fourth-order valence-corrected chi connectivity index (χ4v) is 11.1. The van der Waals surface area contributed by atoms with Crippen molar-refractivity contribution in [3.8, 4) is 61.3 Å². The van der Waals surface area contributed by atoms with E-state index in [0.717, 1.165) is 22.7 Å². The molecule has 69 heavy (non-hydrogen) atoms. The maximum absolute atomic E-state index is 2.42. The zero-order valence-electron chi connectivity index (χ0n) is 38.6. The molecule has 0 atom stereocenters. The summed E-state index contributed by atoms with van der Waals surface area (Å²) in [6, 6.07) is 93.6. The number of rotatable bonds is 8. The SMILES string of the molecule is CC1(C)c2ccccc2-c2ccc(N(c3ccc(-c4cccc(-c5ccc6c(c5)c5ccccc5n6-c5ccc(-c6ccccc6)cc5)c4)cc3)c3ccc(-c4cccc5ccccc45)cc3)cc21. The van der Waals surface area contributed by atoms with Crippen LogP contribution in [0.1, 0.15) is 25.0 Å². The molecule has 0 amide bonds. The molecule has 0 spiro atoms. The van der Waals surface area contributed by atoms with E-state index in [1.54, 1.807) is 0 Å². The summed E-state index contributed by atoms with van der Waals surface area (Å²) >= 11 is 0. The summed E-state index contributed by atoms with van der Waals surface area (Å²) in [5.74, 6) is 0. The number of nitrogens with zero attached hydrogens (tertiary/aromatic N) is 2. The van der Waals surface area contributed by atoms with Crippen LogP contribution in [-0.2, 0) is 5.41 Å². The van der Waals surface area contributed by atoms with E-state index >= 15 is 0 Å². The molecule has 1 aliphatic carbocycles. The van der Waals surface area contributed by atoms with E-state index in [-0.39, 0.29) is 5.41 Å². The Labute approximate surface area is 403 Å². The maximum Gasteiger partial charge on any atom is 0.0541 e. The highest BCUT2D eigenvalue weighted by molar-refractivity contribution is 6.10. The molecule has 0 aliphatic heterocycles. The molecule has 2 heteroatoms. The van der Waals surface area contributed by atoms with E-state index in [9.17, 15) is 0 Å². The summed E-state index contributed by atoms with van der Waals surface area (Å²) < 4.78 is 2.40. The van der Waals surface area contributed by atoms with Crippen LogP contribution in [0.2, 0.25) is 0 Å². The summed E-state index contributed by atoms with van der Waals surface area (Å²) in [5, 5.41) is 5.00. The molecule has 0 N–H and O–H groups in total. The van der Waals surface area contributed by atoms with Gasteiger partial charge in [0, 0.05) is 38.9 Å². The van der Waals surface area contributed by atoms with Crippen LogP contribution in [0.5, 0.6) is 0 Å². The van der Waals surface area contributed by atoms with Crippen LogP contribution < -0.4 is 4.90 Å². The number of para-hydroxylation sites is 1. The first-order valence-electron chi connectivity index (χ1n) is 24.0. The Morgan fingerprint density at radius 1 is 0.304 bits per heavy atom. The number of anilines is 3. The van der Waals surface area contributed by atoms with E-state index in [1.807, 2.05) is 0 Å². The third-order valence-electron chi connectivity index (χ3n) is 14.6. The first-order valence-corrected chi connectivity index (χ1v) is 24.0. The van der Waals surface area contributed by atoms with E-state index < -0.39 is 0 Å². The second-order valence-electron chi connectivity index (χ2n) is 18.9. The van der Waals surface area contributed by atoms with Crippen molar-refractivity contribution in [3.05, 3.63) is 266 Å². The quantitative estimate of drug-likeness (QED) is 0.148. The molecule has 1 aromatic heterocycles. The van der Waals surface area contributed by atoms with Crippen molar-refractivity contribution in [3.63, 3.8) is 0 Å². The third kappa shape index (κ3) is 6.87. The number of fused-ring (bicyclic) bond motifs is 7. The molecule has 0 fully saturated rings. The summed E-state index contributed by atoms with van der Waals surface area (Å²) in [6.45, 7) is 4.71. The first-order chi connectivity index (χ1) is 34.0. The van der Waals surface area contributed by atoms with E-state index in [4.69, 9.17) is 0 Å². The van der Waals surface area contributed by atoms with Crippen LogP contribution in [0.3, 0.4) is 0 Å². The van der Waals surface area contributed by atoms with Crippen LogP contribution in [0.4, 0.5) is 17.1 Å². The van der Waals surface area contributed by atoms with E-state index in [2.05, 4.69) is 278 Å². The van der Waals surface area contributed by atoms with Gasteiger partial charge in [-0.25, -0.2) is 0 Å². The van der Waals surface area contributed by atoms with Crippen LogP contribution in [0.15, 0.2) is 255 Å². The highest BCUT2D eigenvalue weighted by atomic mass is 15.1. The Bertz CT molecular complexity index is 3890. The van der Waals surface area contributed by atoms with Gasteiger partial charge in [-0.05, 0) is 150 Å². The summed E-state index contributed by atoms with van der Waals surface area (Å²) in [5.41, 5.74) is 21.8. The van der Waals surface area contributed by atoms with Crippen LogP contribution >= 0.6 is 0 Å². The van der Waals surface area contributed by atoms with Crippen molar-refractivity contribution in [1.29, 1.82) is 0 Å². The van der Waals surface area contributed by atoms with Gasteiger partial charge in [-0.1, -0.05) is 196 Å². The highest BCUT2D eigenvalue weighted by Crippen LogP contribution is 2.51. The molecule has 326 valence electrons. The van der Waals surface area contributed by atoms with Crippen molar-refractivity contribution >= 4 is 49.6 Å². The Morgan fingerprint density at radius 3 is 1.61 bits per heavy atom. The van der Waals surface area contributed by atoms with Gasteiger partial charge in [0.15, 0.2) is 0 Å². The van der Waals surface area contributed by atoms with Gasteiger partial charge in [-0.15, -0.1) is 0 Å². The second-order valence-corrected chi connectivity index (χ2v) is 18.9. The minimum absolute atomic E-state index is 0.114. The van der Waals surface area contributed by atoms with Crippen LogP contribution in [-0.4, -0.2) is 4.57 Å². The fraction of sp³-hybridized carbons (Fsp3) is 0.0448. The van der Waals surface area contributed by atoms with Gasteiger partial charge in [0.1, 0.15) is 0 Å². The van der Waals surface area contributed by atoms with Gasteiger partial charge in [0.25, 0.3) is 0 Å². The van der Waals surface area contributed by atoms with Crippen LogP contribution in [0, 0.1) is 0 Å². The molecule has 0 saturated carbocycles. The predicted octanol–water partition coefficient (Wildman–Crippen LogP) is 18.4. The van der Waals surface area contributed by atoms with Crippen molar-refractivity contribution in [2.75, 3.05) is 4.90 Å². The average molecular weight is 881 g/mol. The van der Waals surface area contributed by atoms with Gasteiger partial charge < -0.3 is 9.47 Å². The molecule has 0 radical (unpaired) electrons. The molecular weight excluding hydrogens is 833 g/mol. The molecule has 2 nitrogen and oxygen atoms in total. The zero-order chi connectivity index (χ0) is 46.1. The van der Waals surface area contributed by atoms with Crippen molar-refractivity contribution < 1.29 is 0 Å². The minimum Gasteiger partial charge on any atom is -0.310 e. The Kier molecular flexibility index (Phi) is 9.55. The number of hydrogen-bond acceptors (Lipinski definition) is 1. The van der Waals surface area contributed by atoms with E-state index in [1.165, 1.54) is 99.3 Å². The molecule has 11 aromatic carbocycles. The van der Waals surface area contributed by atoms with Gasteiger partial charge in [0.05, 0.1) is 11.0 Å². The molecule has 1 aliphatic rings. The van der Waals surface area contributed by atoms with Crippen molar-refractivity contribution in [1.82, 2.24) is 4.57 Å². The standard InChI is InChI=1S/C67H48N2/c1-67(2)63-24-10-8-21-59(63)60-40-39-56(44-64(60)67)68(54-37-30-49(31-38-54)58-23-13-17-48-16-6-7-20-57(48)58)53-33-28-47(29-34-53)50-18-12-19-51(42-50)52-32-41-66-62(43-52)61-22-9-11-25-65(61)69(66)55-35-26-46(27-36-55)45-14-4-3-5-15-45/h3-44H,1-2H3. The minimum atomic E-state index is -0.114. The Hall–Kier alpha value is -8.72. The van der Waals surface area contributed by atoms with Crippen molar-refractivity contribution in [2.24, 2.45) is 0 Å². The lowest BCUT2D eigenvalue weighted by molar-refractivity contribution is 0.660. The van der Waals surface area contributed by atoms with E-state index in [0.29, 0.717) is 0 Å². The predicted molar refractivity (Wildman–Crippen MR) is 292 cm³/mol. The van der Waals surface area contributed by atoms with Gasteiger partial charge >= 0.3 is 0 Å². The Balaban J connectivity index is 0.854. The van der Waals surface area contributed by atoms with Crippen LogP contribution in [0.25, 0.3) is 93.9 Å². The largest absolute Gasteiger partial charge is 0.310 e. The first kappa shape index (κ1) is 40.5. The second kappa shape index (κ2) is 16.3. The van der Waals surface area contributed by atoms with Gasteiger partial charge in [0.2, 0.25) is 0 Å². The monoisotopic (exact) mass is 880 g/mol. The molecule has 0 bridgehead atoms. The smallest absolute Gasteiger partial charge is 0.0541 e. The molecule has 13 rings (SSSR count). The Morgan fingerprint density at radius 2 is 0.812 bits per heavy atom. The zero-order valence-corrected chi connectivity index (χ0v) is 38.6. The summed E-state index contributed by atoms with van der Waals surface area (Å²) in [7, 11) is 0. The maximum atomic E-state index is 2.42. The topological polar surface area (TPSA) is 8.17 Å². The molecule has 12 aromatic rings. The summed E-state index contributed by atoms with van der Waals surface area (Å²) in [4.78, 5) is 2.41. The normalized spacial score (nSPS) is 12.6. The fourth-order valence-electron chi connectivity index (χ4n) is 11.1. The molecule has 0 saturated heterocycles. The molecule has 0 unspecified atom stereocenters. The number of benzene rings is 11. The number of hydrogen-bond donors (Lipinski definition) is 0. The average Bonchev–Trinajstić information content (AvgIpc) is 3.86. The molecular formula is C67H48N2. The highest BCUT2D eigenvalue weighted by Gasteiger charge is 2.35. The summed E-state index contributed by atoms with van der Waals surface area (Å²) in [6.07, 6.45) is 0. The number of aromatic nitrogens is 1. The van der Waals surface area contributed by atoms with Gasteiger partial charge in [-0.3, -0.25) is 0 Å². The lowest BCUT2D eigenvalue weighted by atomic mass is 9.82. The molecule has 1 heterocycles.